The average Bonchev–Trinajstić information content (AvgIpc) is 1.97. The van der Waals surface area contributed by atoms with Crippen LogP contribution in [0, 0.1) is 6.92 Å². The molecule has 1 N–H and O–H groups in total. The molecule has 60 valence electrons. The first-order valence-corrected chi connectivity index (χ1v) is 3.97. The molecule has 0 aliphatic carbocycles. The lowest BCUT2D eigenvalue weighted by atomic mass is 10.2. The van der Waals surface area contributed by atoms with Gasteiger partial charge in [-0.25, -0.2) is 0 Å². The molecule has 0 saturated heterocycles. The Labute approximate surface area is 73.9 Å². The largest absolute Gasteiger partial charge is 0.507 e. The Morgan fingerprint density at radius 3 is 2.64 bits per heavy atom. The molecule has 0 bridgehead atoms. The van der Waals surface area contributed by atoms with Gasteiger partial charge in [-0.05, 0) is 40.5 Å². The van der Waals surface area contributed by atoms with E-state index in [0.717, 1.165) is 11.3 Å². The van der Waals surface area contributed by atoms with Gasteiger partial charge in [-0.2, -0.15) is 0 Å². The van der Waals surface area contributed by atoms with E-state index in [1.807, 2.05) is 6.92 Å². The van der Waals surface area contributed by atoms with Crippen molar-refractivity contribution in [3.8, 4) is 11.5 Å². The van der Waals surface area contributed by atoms with Crippen molar-refractivity contribution in [2.75, 3.05) is 7.11 Å². The summed E-state index contributed by atoms with van der Waals surface area (Å²) in [5.74, 6) is 1.01. The molecule has 0 amide bonds. The van der Waals surface area contributed by atoms with Crippen LogP contribution in [-0.2, 0) is 0 Å². The van der Waals surface area contributed by atoms with Gasteiger partial charge in [-0.1, -0.05) is 0 Å². The Morgan fingerprint density at radius 2 is 2.09 bits per heavy atom. The van der Waals surface area contributed by atoms with Gasteiger partial charge in [0.2, 0.25) is 0 Å². The third-order valence-corrected chi connectivity index (χ3v) is 2.10. The minimum atomic E-state index is 0.239. The second-order valence-corrected chi connectivity index (χ2v) is 3.13. The van der Waals surface area contributed by atoms with Crippen molar-refractivity contribution >= 4 is 15.9 Å². The number of rotatable bonds is 1. The minimum Gasteiger partial charge on any atom is -0.507 e. The molecule has 0 unspecified atom stereocenters. The predicted molar refractivity (Wildman–Crippen MR) is 47.1 cm³/mol. The molecule has 0 aromatic heterocycles. The highest BCUT2D eigenvalue weighted by Gasteiger charge is 2.03. The number of halogens is 1. The van der Waals surface area contributed by atoms with Crippen LogP contribution < -0.4 is 4.74 Å². The maximum Gasteiger partial charge on any atom is 0.130 e. The van der Waals surface area contributed by atoms with Crippen molar-refractivity contribution in [3.63, 3.8) is 0 Å². The van der Waals surface area contributed by atoms with Crippen LogP contribution in [0.1, 0.15) is 5.56 Å². The lowest BCUT2D eigenvalue weighted by molar-refractivity contribution is 0.408. The summed E-state index contributed by atoms with van der Waals surface area (Å²) >= 11 is 3.19. The zero-order valence-corrected chi connectivity index (χ0v) is 7.97. The van der Waals surface area contributed by atoms with Crippen LogP contribution in [0.4, 0.5) is 0 Å². The second kappa shape index (κ2) is 3.13. The third-order valence-electron chi connectivity index (χ3n) is 1.46. The maximum absolute atomic E-state index is 9.22. The van der Waals surface area contributed by atoms with Crippen LogP contribution in [0.25, 0.3) is 0 Å². The third kappa shape index (κ3) is 1.66. The van der Waals surface area contributed by atoms with Crippen LogP contribution in [0.5, 0.6) is 11.5 Å². The SMILES string of the molecule is COc1cc(Br)c(O)cc1C. The van der Waals surface area contributed by atoms with E-state index in [4.69, 9.17) is 4.74 Å². The van der Waals surface area contributed by atoms with E-state index in [9.17, 15) is 5.11 Å². The fraction of sp³-hybridized carbons (Fsp3) is 0.250. The molecule has 0 fully saturated rings. The van der Waals surface area contributed by atoms with E-state index >= 15 is 0 Å². The smallest absolute Gasteiger partial charge is 0.130 e. The van der Waals surface area contributed by atoms with E-state index in [1.165, 1.54) is 0 Å². The highest BCUT2D eigenvalue weighted by atomic mass is 79.9. The molecule has 1 aromatic carbocycles. The number of hydrogen-bond donors (Lipinski definition) is 1. The second-order valence-electron chi connectivity index (χ2n) is 2.27. The minimum absolute atomic E-state index is 0.239. The van der Waals surface area contributed by atoms with Crippen molar-refractivity contribution in [1.29, 1.82) is 0 Å². The van der Waals surface area contributed by atoms with Gasteiger partial charge < -0.3 is 9.84 Å². The Balaban J connectivity index is 3.21. The Hall–Kier alpha value is -0.700. The molecule has 0 radical (unpaired) electrons. The first-order valence-electron chi connectivity index (χ1n) is 3.18. The van der Waals surface area contributed by atoms with Crippen LogP contribution in [0.2, 0.25) is 0 Å². The molecule has 2 nitrogen and oxygen atoms in total. The summed E-state index contributed by atoms with van der Waals surface area (Å²) in [6.45, 7) is 1.88. The number of phenols is 1. The summed E-state index contributed by atoms with van der Waals surface area (Å²) in [5, 5.41) is 9.22. The maximum atomic E-state index is 9.22. The zero-order valence-electron chi connectivity index (χ0n) is 6.39. The number of hydrogen-bond acceptors (Lipinski definition) is 2. The number of benzene rings is 1. The fourth-order valence-electron chi connectivity index (χ4n) is 0.868. The number of aryl methyl sites for hydroxylation is 1. The first kappa shape index (κ1) is 8.40. The van der Waals surface area contributed by atoms with Crippen molar-refractivity contribution < 1.29 is 9.84 Å². The molecule has 11 heavy (non-hydrogen) atoms. The summed E-state index contributed by atoms with van der Waals surface area (Å²) in [5.41, 5.74) is 0.924. The van der Waals surface area contributed by atoms with Crippen molar-refractivity contribution in [2.45, 2.75) is 6.92 Å². The zero-order chi connectivity index (χ0) is 8.43. The molecule has 0 saturated carbocycles. The lowest BCUT2D eigenvalue weighted by Crippen LogP contribution is -1.86. The Bertz CT molecular complexity index is 271. The van der Waals surface area contributed by atoms with Gasteiger partial charge in [0.25, 0.3) is 0 Å². The monoisotopic (exact) mass is 216 g/mol. The molecule has 0 heterocycles. The lowest BCUT2D eigenvalue weighted by Gasteiger charge is -2.05. The predicted octanol–water partition coefficient (Wildman–Crippen LogP) is 2.47. The molecular weight excluding hydrogens is 208 g/mol. The van der Waals surface area contributed by atoms with Gasteiger partial charge in [0.05, 0.1) is 11.6 Å². The highest BCUT2D eigenvalue weighted by Crippen LogP contribution is 2.30. The van der Waals surface area contributed by atoms with Gasteiger partial charge in [0.15, 0.2) is 0 Å². The average molecular weight is 217 g/mol. The number of aromatic hydroxyl groups is 1. The fourth-order valence-corrected chi connectivity index (χ4v) is 1.19. The topological polar surface area (TPSA) is 29.5 Å². The van der Waals surface area contributed by atoms with Crippen LogP contribution in [0.15, 0.2) is 16.6 Å². The van der Waals surface area contributed by atoms with Crippen molar-refractivity contribution in [2.24, 2.45) is 0 Å². The van der Waals surface area contributed by atoms with E-state index in [2.05, 4.69) is 15.9 Å². The quantitative estimate of drug-likeness (QED) is 0.782. The molecule has 3 heteroatoms. The Morgan fingerprint density at radius 1 is 1.45 bits per heavy atom. The van der Waals surface area contributed by atoms with Crippen LogP contribution >= 0.6 is 15.9 Å². The number of phenolic OH excluding ortho intramolecular Hbond substituents is 1. The molecule has 0 spiro atoms. The van der Waals surface area contributed by atoms with E-state index < -0.39 is 0 Å². The van der Waals surface area contributed by atoms with Crippen LogP contribution in [-0.4, -0.2) is 12.2 Å². The van der Waals surface area contributed by atoms with E-state index in [1.54, 1.807) is 19.2 Å². The summed E-state index contributed by atoms with van der Waals surface area (Å²) in [6, 6.07) is 3.40. The van der Waals surface area contributed by atoms with Gasteiger partial charge in [-0.3, -0.25) is 0 Å². The molecular formula is C8H9BrO2. The number of ether oxygens (including phenoxy) is 1. The molecule has 1 aromatic rings. The van der Waals surface area contributed by atoms with Crippen LogP contribution in [0.3, 0.4) is 0 Å². The van der Waals surface area contributed by atoms with Gasteiger partial charge in [0, 0.05) is 0 Å². The molecule has 0 aliphatic heterocycles. The van der Waals surface area contributed by atoms with E-state index in [0.29, 0.717) is 4.47 Å². The Kier molecular flexibility index (Phi) is 2.39. The standard InChI is InChI=1S/C8H9BrO2/c1-5-3-7(10)6(9)4-8(5)11-2/h3-4,10H,1-2H3. The summed E-state index contributed by atoms with van der Waals surface area (Å²) in [4.78, 5) is 0. The summed E-state index contributed by atoms with van der Waals surface area (Å²) in [7, 11) is 1.60. The van der Waals surface area contributed by atoms with Gasteiger partial charge in [0.1, 0.15) is 11.5 Å². The highest BCUT2D eigenvalue weighted by molar-refractivity contribution is 9.10. The normalized spacial score (nSPS) is 9.73. The van der Waals surface area contributed by atoms with Gasteiger partial charge in [-0.15, -0.1) is 0 Å². The van der Waals surface area contributed by atoms with Gasteiger partial charge >= 0.3 is 0 Å². The molecule has 0 aliphatic rings. The molecule has 1 rings (SSSR count). The summed E-state index contributed by atoms with van der Waals surface area (Å²) in [6.07, 6.45) is 0. The number of methoxy groups -OCH3 is 1. The molecule has 0 atom stereocenters. The van der Waals surface area contributed by atoms with Crippen molar-refractivity contribution in [3.05, 3.63) is 22.2 Å². The summed E-state index contributed by atoms with van der Waals surface area (Å²) < 4.78 is 5.69. The first-order chi connectivity index (χ1) is 5.15. The van der Waals surface area contributed by atoms with Crippen molar-refractivity contribution in [1.82, 2.24) is 0 Å². The van der Waals surface area contributed by atoms with E-state index in [-0.39, 0.29) is 5.75 Å².